The molecule has 0 atom stereocenters. The fraction of sp³-hybridized carbons (Fsp3) is 1.00. The number of likely N-dealkylation sites (N-methyl/N-ethyl adjacent to an activating group) is 1. The summed E-state index contributed by atoms with van der Waals surface area (Å²) in [7, 11) is -0.462. The Morgan fingerprint density at radius 3 is 2.22 bits per heavy atom. The quantitative estimate of drug-likeness (QED) is 0.772. The molecule has 0 bridgehead atoms. The van der Waals surface area contributed by atoms with E-state index in [1.54, 1.807) is 7.05 Å². The van der Waals surface area contributed by atoms with Crippen molar-refractivity contribution in [2.75, 3.05) is 33.9 Å². The van der Waals surface area contributed by atoms with Crippen molar-refractivity contribution in [2.24, 2.45) is 0 Å². The van der Waals surface area contributed by atoms with Crippen LogP contribution in [0.5, 0.6) is 0 Å². The maximum atomic E-state index is 12.2. The van der Waals surface area contributed by atoms with Crippen LogP contribution in [0.2, 0.25) is 0 Å². The molecule has 0 unspecified atom stereocenters. The molecule has 7 heteroatoms. The Kier molecular flexibility index (Phi) is 5.13. The lowest BCUT2D eigenvalue weighted by atomic mass is 9.95. The molecule has 6 nitrogen and oxygen atoms in total. The van der Waals surface area contributed by atoms with Gasteiger partial charge >= 0.3 is 0 Å². The molecule has 1 aliphatic heterocycles. The van der Waals surface area contributed by atoms with Gasteiger partial charge in [0.25, 0.3) is 10.2 Å². The summed E-state index contributed by atoms with van der Waals surface area (Å²) in [5.41, 5.74) is -0.974. The standard InChI is InChI=1S/C11H24N2O4S/c1-10(2)13(4)18(15,16)12(3)9-11(14)5-7-17-8-6-11/h10,14H,5-9H2,1-4H3. The molecule has 0 aromatic carbocycles. The van der Waals surface area contributed by atoms with Gasteiger partial charge in [-0.1, -0.05) is 0 Å². The molecule has 0 aromatic rings. The highest BCUT2D eigenvalue weighted by Gasteiger charge is 2.36. The third-order valence-electron chi connectivity index (χ3n) is 3.43. The zero-order valence-corrected chi connectivity index (χ0v) is 12.4. The third-order valence-corrected chi connectivity index (χ3v) is 5.49. The van der Waals surface area contributed by atoms with Crippen molar-refractivity contribution in [3.8, 4) is 0 Å². The van der Waals surface area contributed by atoms with Crippen molar-refractivity contribution in [2.45, 2.75) is 38.3 Å². The molecule has 0 aromatic heterocycles. The van der Waals surface area contributed by atoms with Crippen molar-refractivity contribution in [3.63, 3.8) is 0 Å². The van der Waals surface area contributed by atoms with Crippen LogP contribution in [0.1, 0.15) is 26.7 Å². The molecular weight excluding hydrogens is 256 g/mol. The summed E-state index contributed by atoms with van der Waals surface area (Å²) in [6.07, 6.45) is 0.941. The fourth-order valence-corrected chi connectivity index (χ4v) is 3.27. The zero-order valence-electron chi connectivity index (χ0n) is 11.6. The van der Waals surface area contributed by atoms with Gasteiger partial charge in [0.1, 0.15) is 0 Å². The van der Waals surface area contributed by atoms with Gasteiger partial charge in [-0.15, -0.1) is 0 Å². The number of ether oxygens (including phenoxy) is 1. The van der Waals surface area contributed by atoms with Crippen molar-refractivity contribution in [1.82, 2.24) is 8.61 Å². The highest BCUT2D eigenvalue weighted by atomic mass is 32.2. The molecule has 18 heavy (non-hydrogen) atoms. The van der Waals surface area contributed by atoms with E-state index >= 15 is 0 Å². The van der Waals surface area contributed by atoms with E-state index in [9.17, 15) is 13.5 Å². The number of aliphatic hydroxyl groups is 1. The molecule has 108 valence electrons. The zero-order chi connectivity index (χ0) is 14.0. The van der Waals surface area contributed by atoms with Crippen LogP contribution in [0, 0.1) is 0 Å². The molecule has 0 amide bonds. The summed E-state index contributed by atoms with van der Waals surface area (Å²) in [6, 6.07) is -0.109. The molecule has 1 aliphatic rings. The van der Waals surface area contributed by atoms with Gasteiger partial charge in [0.05, 0.1) is 5.60 Å². The first-order valence-electron chi connectivity index (χ1n) is 6.18. The van der Waals surface area contributed by atoms with Crippen molar-refractivity contribution < 1.29 is 18.3 Å². The molecule has 1 heterocycles. The highest BCUT2D eigenvalue weighted by Crippen LogP contribution is 2.23. The molecule has 1 saturated heterocycles. The molecule has 0 spiro atoms. The van der Waals surface area contributed by atoms with Crippen LogP contribution in [0.3, 0.4) is 0 Å². The van der Waals surface area contributed by atoms with Gasteiger partial charge in [-0.05, 0) is 13.8 Å². The van der Waals surface area contributed by atoms with E-state index in [1.807, 2.05) is 13.8 Å². The maximum absolute atomic E-state index is 12.2. The van der Waals surface area contributed by atoms with Gasteiger partial charge in [0.2, 0.25) is 0 Å². The number of nitrogens with zero attached hydrogens (tertiary/aromatic N) is 2. The second-order valence-electron chi connectivity index (χ2n) is 5.21. The summed E-state index contributed by atoms with van der Waals surface area (Å²) in [5.74, 6) is 0. The van der Waals surface area contributed by atoms with Gasteiger partial charge in [-0.2, -0.15) is 17.0 Å². The molecule has 0 radical (unpaired) electrons. The number of rotatable bonds is 5. The number of hydrogen-bond donors (Lipinski definition) is 1. The summed E-state index contributed by atoms with van der Waals surface area (Å²) < 4.78 is 32.1. The van der Waals surface area contributed by atoms with E-state index in [2.05, 4.69) is 0 Å². The van der Waals surface area contributed by atoms with Gasteiger partial charge in [0.15, 0.2) is 0 Å². The molecule has 1 rings (SSSR count). The van der Waals surface area contributed by atoms with Crippen LogP contribution < -0.4 is 0 Å². The van der Waals surface area contributed by atoms with Gasteiger partial charge in [0, 0.05) is 52.7 Å². The number of hydrogen-bond acceptors (Lipinski definition) is 4. The summed E-state index contributed by atoms with van der Waals surface area (Å²) >= 11 is 0. The van der Waals surface area contributed by atoms with Crippen molar-refractivity contribution in [3.05, 3.63) is 0 Å². The summed E-state index contributed by atoms with van der Waals surface area (Å²) in [5, 5.41) is 10.3. The smallest absolute Gasteiger partial charge is 0.281 e. The second-order valence-corrected chi connectivity index (χ2v) is 7.31. The van der Waals surface area contributed by atoms with Crippen LogP contribution in [0.15, 0.2) is 0 Å². The Hall–Kier alpha value is -0.210. The predicted molar refractivity (Wildman–Crippen MR) is 69.5 cm³/mol. The molecule has 1 fully saturated rings. The SMILES string of the molecule is CC(C)N(C)S(=O)(=O)N(C)CC1(O)CCOCC1. The van der Waals surface area contributed by atoms with Gasteiger partial charge in [-0.3, -0.25) is 0 Å². The van der Waals surface area contributed by atoms with E-state index in [1.165, 1.54) is 15.7 Å². The van der Waals surface area contributed by atoms with Crippen molar-refractivity contribution >= 4 is 10.2 Å². The monoisotopic (exact) mass is 280 g/mol. The first-order valence-corrected chi connectivity index (χ1v) is 7.58. The summed E-state index contributed by atoms with van der Waals surface area (Å²) in [4.78, 5) is 0. The van der Waals surface area contributed by atoms with E-state index in [0.29, 0.717) is 26.1 Å². The minimum absolute atomic E-state index is 0.107. The van der Waals surface area contributed by atoms with Crippen LogP contribution in [-0.4, -0.2) is 67.6 Å². The lowest BCUT2D eigenvalue weighted by Crippen LogP contribution is -2.51. The Morgan fingerprint density at radius 2 is 1.78 bits per heavy atom. The Bertz CT molecular complexity index is 363. The van der Waals surface area contributed by atoms with Crippen LogP contribution >= 0.6 is 0 Å². The highest BCUT2D eigenvalue weighted by molar-refractivity contribution is 7.86. The fourth-order valence-electron chi connectivity index (χ4n) is 1.89. The minimum Gasteiger partial charge on any atom is -0.388 e. The lowest BCUT2D eigenvalue weighted by molar-refractivity contribution is -0.0693. The van der Waals surface area contributed by atoms with E-state index < -0.39 is 15.8 Å². The lowest BCUT2D eigenvalue weighted by Gasteiger charge is -2.36. The van der Waals surface area contributed by atoms with E-state index in [0.717, 1.165) is 0 Å². The van der Waals surface area contributed by atoms with Crippen LogP contribution in [0.25, 0.3) is 0 Å². The first kappa shape index (κ1) is 15.8. The largest absolute Gasteiger partial charge is 0.388 e. The van der Waals surface area contributed by atoms with Gasteiger partial charge in [-0.25, -0.2) is 0 Å². The van der Waals surface area contributed by atoms with Gasteiger partial charge < -0.3 is 9.84 Å². The first-order chi connectivity index (χ1) is 8.19. The predicted octanol–water partition coefficient (Wildman–Crippen LogP) is 0.0447. The molecule has 1 N–H and O–H groups in total. The van der Waals surface area contributed by atoms with E-state index in [4.69, 9.17) is 4.74 Å². The third kappa shape index (κ3) is 3.64. The van der Waals surface area contributed by atoms with E-state index in [-0.39, 0.29) is 12.6 Å². The van der Waals surface area contributed by atoms with Crippen LogP contribution in [0.4, 0.5) is 0 Å². The average Bonchev–Trinajstić information content (AvgIpc) is 2.28. The Balaban J connectivity index is 2.72. The van der Waals surface area contributed by atoms with Crippen LogP contribution in [-0.2, 0) is 14.9 Å². The summed E-state index contributed by atoms with van der Waals surface area (Å²) in [6.45, 7) is 4.69. The topological polar surface area (TPSA) is 70.1 Å². The Labute approximate surface area is 110 Å². The van der Waals surface area contributed by atoms with Crippen molar-refractivity contribution in [1.29, 1.82) is 0 Å². The molecule has 0 aliphatic carbocycles. The normalized spacial score (nSPS) is 20.9. The maximum Gasteiger partial charge on any atom is 0.281 e. The molecular formula is C11H24N2O4S. The average molecular weight is 280 g/mol. The Morgan fingerprint density at radius 1 is 1.28 bits per heavy atom. The minimum atomic E-state index is -3.51. The second kappa shape index (κ2) is 5.83. The molecule has 0 saturated carbocycles.